The average Bonchev–Trinajstić information content (AvgIpc) is 2.28. The first-order valence-electron chi connectivity index (χ1n) is 8.38. The summed E-state index contributed by atoms with van der Waals surface area (Å²) in [5.74, 6) is -3.33. The molecule has 0 bridgehead atoms. The fourth-order valence-electron chi connectivity index (χ4n) is 2.03. The molecule has 7 nitrogen and oxygen atoms in total. The van der Waals surface area contributed by atoms with Gasteiger partial charge in [-0.25, -0.2) is 9.59 Å². The lowest BCUT2D eigenvalue weighted by atomic mass is 10.0. The second-order valence-electron chi connectivity index (χ2n) is 8.92. The minimum atomic E-state index is -0.996. The van der Waals surface area contributed by atoms with Crippen LogP contribution in [0.2, 0.25) is 0 Å². The number of rotatable bonds is 3. The van der Waals surface area contributed by atoms with E-state index < -0.39 is 46.1 Å². The summed E-state index contributed by atoms with van der Waals surface area (Å²) in [6, 6.07) is 0. The van der Waals surface area contributed by atoms with E-state index >= 15 is 0 Å². The molecule has 0 spiro atoms. The van der Waals surface area contributed by atoms with Gasteiger partial charge in [0.2, 0.25) is 5.91 Å². The van der Waals surface area contributed by atoms with Crippen LogP contribution >= 0.6 is 0 Å². The lowest BCUT2D eigenvalue weighted by Gasteiger charge is -2.33. The predicted octanol–water partition coefficient (Wildman–Crippen LogP) is 2.77. The second kappa shape index (κ2) is 8.01. The van der Waals surface area contributed by atoms with E-state index in [0.29, 0.717) is 0 Å². The highest BCUT2D eigenvalue weighted by molar-refractivity contribution is 6.22. The van der Waals surface area contributed by atoms with Crippen molar-refractivity contribution in [2.24, 2.45) is 0 Å². The smallest absolute Gasteiger partial charge is 0.344 e. The molecule has 0 fully saturated rings. The highest BCUT2D eigenvalue weighted by Gasteiger charge is 2.37. The van der Waals surface area contributed by atoms with Gasteiger partial charge in [0.05, 0.1) is 0 Å². The summed E-state index contributed by atoms with van der Waals surface area (Å²) in [7, 11) is 0. The fraction of sp³-hybridized carbons (Fsp3) is 0.684. The van der Waals surface area contributed by atoms with Gasteiger partial charge in [-0.15, -0.1) is 0 Å². The Morgan fingerprint density at radius 2 is 1.19 bits per heavy atom. The van der Waals surface area contributed by atoms with Crippen LogP contribution in [0, 0.1) is 0 Å². The summed E-state index contributed by atoms with van der Waals surface area (Å²) in [5.41, 5.74) is -3.13. The largest absolute Gasteiger partial charge is 0.457 e. The predicted molar refractivity (Wildman–Crippen MR) is 97.1 cm³/mol. The van der Waals surface area contributed by atoms with Crippen molar-refractivity contribution in [2.45, 2.75) is 86.0 Å². The van der Waals surface area contributed by atoms with Crippen molar-refractivity contribution in [1.29, 1.82) is 0 Å². The van der Waals surface area contributed by atoms with Gasteiger partial charge in [0.25, 0.3) is 5.91 Å². The monoisotopic (exact) mass is 369 g/mol. The molecule has 0 saturated heterocycles. The minimum Gasteiger partial charge on any atom is -0.457 e. The number of carbonyl (C=O) groups excluding carboxylic acids is 4. The molecular weight excluding hydrogens is 338 g/mol. The highest BCUT2D eigenvalue weighted by atomic mass is 16.6. The Morgan fingerprint density at radius 1 is 0.769 bits per heavy atom. The van der Waals surface area contributed by atoms with Gasteiger partial charge < -0.3 is 9.47 Å². The van der Waals surface area contributed by atoms with Crippen molar-refractivity contribution >= 4 is 23.8 Å². The van der Waals surface area contributed by atoms with Gasteiger partial charge in [-0.05, 0) is 62.3 Å². The van der Waals surface area contributed by atoms with E-state index in [1.54, 1.807) is 62.3 Å². The minimum absolute atomic E-state index is 0.554. The molecule has 148 valence electrons. The van der Waals surface area contributed by atoms with Gasteiger partial charge in [-0.2, -0.15) is 0 Å². The molecule has 0 heterocycles. The molecule has 0 aromatic rings. The van der Waals surface area contributed by atoms with E-state index in [2.05, 4.69) is 0 Å². The third-order valence-electron chi connectivity index (χ3n) is 2.71. The Bertz CT molecular complexity index is 611. The number of carbonyl (C=O) groups is 4. The summed E-state index contributed by atoms with van der Waals surface area (Å²) >= 11 is 0. The topological polar surface area (TPSA) is 90.0 Å². The molecule has 0 aliphatic rings. The van der Waals surface area contributed by atoms with Crippen LogP contribution < -0.4 is 0 Å². The van der Waals surface area contributed by atoms with Crippen LogP contribution in [0.1, 0.15) is 69.2 Å². The van der Waals surface area contributed by atoms with Gasteiger partial charge in [0.1, 0.15) is 16.8 Å². The van der Waals surface area contributed by atoms with Crippen molar-refractivity contribution in [3.63, 3.8) is 0 Å². The SMILES string of the molecule is CC(=O)N(C(=O)/C(=C\C(=O)OC(C)(C)C)C(=O)OC(C)(C)C)C(C)(C)C. The molecule has 2 amide bonds. The second-order valence-corrected chi connectivity index (χ2v) is 8.92. The Balaban J connectivity index is 6.07. The van der Waals surface area contributed by atoms with E-state index in [0.717, 1.165) is 11.0 Å². The van der Waals surface area contributed by atoms with Crippen LogP contribution in [0.15, 0.2) is 11.6 Å². The normalized spacial score (nSPS) is 13.1. The summed E-state index contributed by atoms with van der Waals surface area (Å²) in [6.45, 7) is 16.0. The van der Waals surface area contributed by atoms with Crippen molar-refractivity contribution in [3.05, 3.63) is 11.6 Å². The zero-order chi connectivity index (χ0) is 21.1. The third-order valence-corrected chi connectivity index (χ3v) is 2.71. The van der Waals surface area contributed by atoms with Crippen molar-refractivity contribution in [1.82, 2.24) is 4.90 Å². The molecule has 0 unspecified atom stereocenters. The van der Waals surface area contributed by atoms with Crippen LogP contribution in [-0.4, -0.2) is 45.4 Å². The Labute approximate surface area is 155 Å². The molecule has 0 atom stereocenters. The Kier molecular flexibility index (Phi) is 7.34. The molecule has 7 heteroatoms. The first-order valence-corrected chi connectivity index (χ1v) is 8.38. The molecule has 0 saturated carbocycles. The van der Waals surface area contributed by atoms with Crippen LogP contribution in [0.3, 0.4) is 0 Å². The van der Waals surface area contributed by atoms with Crippen molar-refractivity contribution in [3.8, 4) is 0 Å². The van der Waals surface area contributed by atoms with Crippen LogP contribution in [-0.2, 0) is 28.7 Å². The van der Waals surface area contributed by atoms with Gasteiger partial charge in [0.15, 0.2) is 0 Å². The number of hydrogen-bond acceptors (Lipinski definition) is 6. The number of ether oxygens (including phenoxy) is 2. The van der Waals surface area contributed by atoms with Crippen molar-refractivity contribution in [2.75, 3.05) is 0 Å². The van der Waals surface area contributed by atoms with Crippen LogP contribution in [0.5, 0.6) is 0 Å². The van der Waals surface area contributed by atoms with E-state index in [-0.39, 0.29) is 0 Å². The first-order chi connectivity index (χ1) is 11.3. The number of esters is 2. The summed E-state index contributed by atoms with van der Waals surface area (Å²) in [4.78, 5) is 50.4. The van der Waals surface area contributed by atoms with Gasteiger partial charge in [-0.3, -0.25) is 14.5 Å². The maximum absolute atomic E-state index is 12.9. The zero-order valence-electron chi connectivity index (χ0n) is 17.5. The molecule has 26 heavy (non-hydrogen) atoms. The fourth-order valence-corrected chi connectivity index (χ4v) is 2.03. The summed E-state index contributed by atoms with van der Waals surface area (Å²) in [5, 5.41) is 0. The lowest BCUT2D eigenvalue weighted by molar-refractivity contribution is -0.156. The average molecular weight is 369 g/mol. The van der Waals surface area contributed by atoms with Gasteiger partial charge in [0, 0.05) is 18.5 Å². The Hall–Kier alpha value is -2.18. The third kappa shape index (κ3) is 8.27. The zero-order valence-corrected chi connectivity index (χ0v) is 17.5. The first kappa shape index (κ1) is 23.8. The lowest BCUT2D eigenvalue weighted by Crippen LogP contribution is -2.50. The maximum Gasteiger partial charge on any atom is 0.344 e. The molecule has 0 N–H and O–H groups in total. The molecule has 0 aliphatic heterocycles. The van der Waals surface area contributed by atoms with E-state index in [1.807, 2.05) is 0 Å². The quantitative estimate of drug-likeness (QED) is 0.329. The van der Waals surface area contributed by atoms with Crippen molar-refractivity contribution < 1.29 is 28.7 Å². The van der Waals surface area contributed by atoms with E-state index in [1.165, 1.54) is 6.92 Å². The van der Waals surface area contributed by atoms with Crippen LogP contribution in [0.4, 0.5) is 0 Å². The van der Waals surface area contributed by atoms with Gasteiger partial charge >= 0.3 is 11.9 Å². The van der Waals surface area contributed by atoms with E-state index in [9.17, 15) is 19.2 Å². The molecule has 0 aromatic carbocycles. The van der Waals surface area contributed by atoms with E-state index in [4.69, 9.17) is 9.47 Å². The number of hydrogen-bond donors (Lipinski definition) is 0. The highest BCUT2D eigenvalue weighted by Crippen LogP contribution is 2.20. The molecule has 0 aliphatic carbocycles. The number of amides is 2. The maximum atomic E-state index is 12.9. The molecule has 0 aromatic heterocycles. The number of imide groups is 1. The number of nitrogens with zero attached hydrogens (tertiary/aromatic N) is 1. The standard InChI is InChI=1S/C19H31NO6/c1-12(21)20(17(2,3)4)15(23)13(16(24)26-19(8,9)10)11-14(22)25-18(5,6)7/h11H,1-10H3/b13-11+. The van der Waals surface area contributed by atoms with Crippen LogP contribution in [0.25, 0.3) is 0 Å². The summed E-state index contributed by atoms with van der Waals surface area (Å²) in [6.07, 6.45) is 0.781. The molecule has 0 rings (SSSR count). The summed E-state index contributed by atoms with van der Waals surface area (Å²) < 4.78 is 10.4. The molecular formula is C19H31NO6. The Morgan fingerprint density at radius 3 is 1.50 bits per heavy atom. The molecule has 0 radical (unpaired) electrons. The van der Waals surface area contributed by atoms with Gasteiger partial charge in [-0.1, -0.05) is 0 Å².